The summed E-state index contributed by atoms with van der Waals surface area (Å²) >= 11 is 0. The van der Waals surface area contributed by atoms with E-state index in [1.165, 1.54) is 53.5 Å². The van der Waals surface area contributed by atoms with E-state index in [-0.39, 0.29) is 0 Å². The number of rotatable bonds is 4. The van der Waals surface area contributed by atoms with Gasteiger partial charge in [0.15, 0.2) is 0 Å². The van der Waals surface area contributed by atoms with Crippen LogP contribution in [0, 0.1) is 0 Å². The van der Waals surface area contributed by atoms with Crippen LogP contribution in [-0.4, -0.2) is 43.0 Å². The topological polar surface area (TPSA) is 41.3 Å². The van der Waals surface area contributed by atoms with Gasteiger partial charge in [0.05, 0.1) is 11.9 Å². The highest BCUT2D eigenvalue weighted by molar-refractivity contribution is 6.00. The number of likely N-dealkylation sites (tertiary alicyclic amines) is 1. The van der Waals surface area contributed by atoms with Gasteiger partial charge in [-0.1, -0.05) is 24.3 Å². The van der Waals surface area contributed by atoms with Crippen LogP contribution in [0.4, 0.5) is 0 Å². The second-order valence-electron chi connectivity index (χ2n) is 9.18. The number of nitrogens with one attached hydrogen (secondary N) is 1. The minimum Gasteiger partial charge on any atom is -0.366 e. The largest absolute Gasteiger partial charge is 0.366 e. The zero-order valence-electron chi connectivity index (χ0n) is 18.7. The van der Waals surface area contributed by atoms with Crippen LogP contribution in [0.3, 0.4) is 0 Å². The molecule has 1 aliphatic rings. The lowest BCUT2D eigenvalue weighted by Gasteiger charge is -2.35. The van der Waals surface area contributed by atoms with E-state index in [0.29, 0.717) is 12.1 Å². The van der Waals surface area contributed by atoms with Gasteiger partial charge >= 0.3 is 0 Å². The van der Waals surface area contributed by atoms with Crippen molar-refractivity contribution >= 4 is 16.6 Å². The first kappa shape index (κ1) is 19.4. The molecule has 162 valence electrons. The fourth-order valence-corrected chi connectivity index (χ4v) is 5.33. The van der Waals surface area contributed by atoms with Crippen molar-refractivity contribution in [3.05, 3.63) is 73.4 Å². The van der Waals surface area contributed by atoms with E-state index < -0.39 is 0 Å². The molecule has 0 atom stereocenters. The van der Waals surface area contributed by atoms with Crippen molar-refractivity contribution in [1.29, 1.82) is 0 Å². The van der Waals surface area contributed by atoms with Crippen molar-refractivity contribution in [2.24, 2.45) is 0 Å². The predicted molar refractivity (Wildman–Crippen MR) is 131 cm³/mol. The van der Waals surface area contributed by atoms with Crippen LogP contribution >= 0.6 is 0 Å². The van der Waals surface area contributed by atoms with Crippen LogP contribution in [0.15, 0.2) is 73.4 Å². The molecule has 4 aromatic heterocycles. The van der Waals surface area contributed by atoms with Crippen LogP contribution in [0.2, 0.25) is 0 Å². The fourth-order valence-electron chi connectivity index (χ4n) is 5.33. The molecule has 0 amide bonds. The lowest BCUT2D eigenvalue weighted by molar-refractivity contribution is 0.153. The van der Waals surface area contributed by atoms with Crippen LogP contribution in [-0.2, 0) is 0 Å². The van der Waals surface area contributed by atoms with E-state index in [2.05, 4.69) is 92.8 Å². The SMILES string of the molecule is CC(C)N1CCC(n2cc(-c3c[nH]cc3-c3cnc4ccccn34)c3ccccc32)CC1. The number of aromatic nitrogens is 4. The van der Waals surface area contributed by atoms with Gasteiger partial charge in [0, 0.05) is 77.6 Å². The molecule has 1 fully saturated rings. The third kappa shape index (κ3) is 3.07. The number of hydrogen-bond acceptors (Lipinski definition) is 2. The summed E-state index contributed by atoms with van der Waals surface area (Å²) in [5.74, 6) is 0. The lowest BCUT2D eigenvalue weighted by atomic mass is 10.0. The second-order valence-corrected chi connectivity index (χ2v) is 9.18. The maximum Gasteiger partial charge on any atom is 0.137 e. The summed E-state index contributed by atoms with van der Waals surface area (Å²) in [6, 6.07) is 16.1. The minimum absolute atomic E-state index is 0.543. The quantitative estimate of drug-likeness (QED) is 0.385. The highest BCUT2D eigenvalue weighted by atomic mass is 15.2. The summed E-state index contributed by atoms with van der Waals surface area (Å²) in [5, 5.41) is 1.31. The van der Waals surface area contributed by atoms with Gasteiger partial charge in [-0.2, -0.15) is 0 Å². The van der Waals surface area contributed by atoms with Crippen LogP contribution in [0.1, 0.15) is 32.7 Å². The molecule has 6 rings (SSSR count). The number of imidazole rings is 1. The summed E-state index contributed by atoms with van der Waals surface area (Å²) in [4.78, 5) is 10.6. The molecule has 1 aliphatic heterocycles. The number of nitrogens with zero attached hydrogens (tertiary/aromatic N) is 4. The molecule has 0 aliphatic carbocycles. The molecule has 5 aromatic rings. The average Bonchev–Trinajstić information content (AvgIpc) is 3.55. The molecule has 1 saturated heterocycles. The van der Waals surface area contributed by atoms with E-state index in [1.54, 1.807) is 0 Å². The van der Waals surface area contributed by atoms with Gasteiger partial charge in [0.25, 0.3) is 0 Å². The van der Waals surface area contributed by atoms with Crippen molar-refractivity contribution in [2.75, 3.05) is 13.1 Å². The molecule has 0 bridgehead atoms. The van der Waals surface area contributed by atoms with Crippen LogP contribution < -0.4 is 0 Å². The fraction of sp³-hybridized carbons (Fsp3) is 0.296. The van der Waals surface area contributed by atoms with E-state index in [0.717, 1.165) is 11.3 Å². The first-order valence-corrected chi connectivity index (χ1v) is 11.6. The van der Waals surface area contributed by atoms with Gasteiger partial charge in [-0.3, -0.25) is 4.40 Å². The van der Waals surface area contributed by atoms with Crippen molar-refractivity contribution < 1.29 is 0 Å². The first-order chi connectivity index (χ1) is 15.7. The maximum atomic E-state index is 4.61. The Balaban J connectivity index is 1.45. The Morgan fingerprint density at radius 3 is 2.56 bits per heavy atom. The first-order valence-electron chi connectivity index (χ1n) is 11.6. The molecule has 0 radical (unpaired) electrons. The number of pyridine rings is 1. The second kappa shape index (κ2) is 7.68. The van der Waals surface area contributed by atoms with Crippen molar-refractivity contribution in [3.63, 3.8) is 0 Å². The Bertz CT molecular complexity index is 1380. The highest BCUT2D eigenvalue weighted by Gasteiger charge is 2.25. The highest BCUT2D eigenvalue weighted by Crippen LogP contribution is 2.39. The molecule has 5 heterocycles. The number of benzene rings is 1. The van der Waals surface area contributed by atoms with E-state index in [9.17, 15) is 0 Å². The van der Waals surface area contributed by atoms with Crippen LogP contribution in [0.25, 0.3) is 38.9 Å². The Morgan fingerprint density at radius 2 is 1.72 bits per heavy atom. The maximum absolute atomic E-state index is 4.61. The molecule has 5 heteroatoms. The van der Waals surface area contributed by atoms with Crippen LogP contribution in [0.5, 0.6) is 0 Å². The van der Waals surface area contributed by atoms with E-state index >= 15 is 0 Å². The normalized spacial score (nSPS) is 16.0. The number of fused-ring (bicyclic) bond motifs is 2. The summed E-state index contributed by atoms with van der Waals surface area (Å²) in [5.41, 5.74) is 7.10. The number of H-pyrrole nitrogens is 1. The Hall–Kier alpha value is -3.31. The standard InChI is InChI=1S/C27H29N5/c1-19(2)30-13-10-20(11-14-30)32-18-24(21-7-3-4-8-25(21)32)22-15-28-16-23(22)26-17-29-27-9-5-6-12-31(26)27/h3-9,12,15-20,28H,10-11,13-14H2,1-2H3. The summed E-state index contributed by atoms with van der Waals surface area (Å²) < 4.78 is 4.70. The smallest absolute Gasteiger partial charge is 0.137 e. The molecule has 0 spiro atoms. The summed E-state index contributed by atoms with van der Waals surface area (Å²) in [6.07, 6.45) is 13.1. The molecule has 0 unspecified atom stereocenters. The Labute approximate surface area is 188 Å². The summed E-state index contributed by atoms with van der Waals surface area (Å²) in [7, 11) is 0. The van der Waals surface area contributed by atoms with Gasteiger partial charge in [0.2, 0.25) is 0 Å². The van der Waals surface area contributed by atoms with E-state index in [1.807, 2.05) is 18.3 Å². The Morgan fingerprint density at radius 1 is 0.938 bits per heavy atom. The molecular weight excluding hydrogens is 394 g/mol. The predicted octanol–water partition coefficient (Wildman–Crippen LogP) is 6.00. The van der Waals surface area contributed by atoms with Gasteiger partial charge in [-0.25, -0.2) is 4.98 Å². The lowest BCUT2D eigenvalue weighted by Crippen LogP contribution is -2.38. The minimum atomic E-state index is 0.543. The molecule has 5 nitrogen and oxygen atoms in total. The zero-order chi connectivity index (χ0) is 21.7. The number of hydrogen-bond donors (Lipinski definition) is 1. The number of para-hydroxylation sites is 1. The third-order valence-electron chi connectivity index (χ3n) is 7.09. The molecular formula is C27H29N5. The van der Waals surface area contributed by atoms with Gasteiger partial charge < -0.3 is 14.5 Å². The van der Waals surface area contributed by atoms with Crippen molar-refractivity contribution in [3.8, 4) is 22.4 Å². The van der Waals surface area contributed by atoms with Crippen molar-refractivity contribution in [2.45, 2.75) is 38.8 Å². The molecule has 0 saturated carbocycles. The number of piperidine rings is 1. The van der Waals surface area contributed by atoms with Gasteiger partial charge in [-0.15, -0.1) is 0 Å². The Kier molecular flexibility index (Phi) is 4.65. The van der Waals surface area contributed by atoms with Crippen molar-refractivity contribution in [1.82, 2.24) is 23.8 Å². The molecule has 32 heavy (non-hydrogen) atoms. The molecule has 1 aromatic carbocycles. The van der Waals surface area contributed by atoms with Gasteiger partial charge in [-0.05, 0) is 44.9 Å². The summed E-state index contributed by atoms with van der Waals surface area (Å²) in [6.45, 7) is 6.94. The number of aromatic amines is 1. The zero-order valence-corrected chi connectivity index (χ0v) is 18.7. The average molecular weight is 424 g/mol. The third-order valence-corrected chi connectivity index (χ3v) is 7.09. The van der Waals surface area contributed by atoms with E-state index in [4.69, 9.17) is 0 Å². The molecule has 1 N–H and O–H groups in total. The monoisotopic (exact) mass is 423 g/mol. The van der Waals surface area contributed by atoms with Gasteiger partial charge in [0.1, 0.15) is 5.65 Å².